The zero-order valence-electron chi connectivity index (χ0n) is 12.9. The van der Waals surface area contributed by atoms with Crippen LogP contribution in [0.3, 0.4) is 0 Å². The van der Waals surface area contributed by atoms with Gasteiger partial charge in [0.05, 0.1) is 23.0 Å². The number of ether oxygens (including phenoxy) is 1. The van der Waals surface area contributed by atoms with E-state index in [0.29, 0.717) is 11.3 Å². The lowest BCUT2D eigenvalue weighted by Gasteiger charge is -2.07. The van der Waals surface area contributed by atoms with E-state index in [1.165, 1.54) is 13.2 Å². The third-order valence-corrected chi connectivity index (χ3v) is 5.47. The second kappa shape index (κ2) is 6.03. The van der Waals surface area contributed by atoms with Gasteiger partial charge in [-0.25, -0.2) is 12.8 Å². The minimum Gasteiger partial charge on any atom is -0.497 e. The summed E-state index contributed by atoms with van der Waals surface area (Å²) in [5, 5.41) is 8.87. The van der Waals surface area contributed by atoms with Crippen LogP contribution in [0, 0.1) is 17.1 Å². The summed E-state index contributed by atoms with van der Waals surface area (Å²) in [5.41, 5.74) is -0.565. The van der Waals surface area contributed by atoms with Crippen LogP contribution in [0.1, 0.15) is 5.56 Å². The molecule has 0 saturated heterocycles. The van der Waals surface area contributed by atoms with Crippen LogP contribution in [0.2, 0.25) is 0 Å². The van der Waals surface area contributed by atoms with Crippen LogP contribution in [-0.4, -0.2) is 20.5 Å². The number of halogens is 1. The summed E-state index contributed by atoms with van der Waals surface area (Å²) in [4.78, 5) is 14.4. The third kappa shape index (κ3) is 2.75. The maximum atomic E-state index is 13.8. The van der Waals surface area contributed by atoms with Gasteiger partial charge in [-0.3, -0.25) is 4.79 Å². The number of nitriles is 1. The van der Waals surface area contributed by atoms with Crippen molar-refractivity contribution in [2.75, 3.05) is 7.11 Å². The average Bonchev–Trinajstić information content (AvgIpc) is 2.61. The highest BCUT2D eigenvalue weighted by molar-refractivity contribution is 7.91. The molecule has 2 aromatic carbocycles. The second-order valence-corrected chi connectivity index (χ2v) is 7.07. The molecule has 6 nitrogen and oxygen atoms in total. The van der Waals surface area contributed by atoms with Crippen molar-refractivity contribution < 1.29 is 17.5 Å². The van der Waals surface area contributed by atoms with Crippen molar-refractivity contribution in [1.82, 2.24) is 4.98 Å². The van der Waals surface area contributed by atoms with E-state index < -0.39 is 30.9 Å². The molecule has 3 aromatic rings. The van der Waals surface area contributed by atoms with Crippen molar-refractivity contribution in [1.29, 1.82) is 5.26 Å². The van der Waals surface area contributed by atoms with Gasteiger partial charge >= 0.3 is 0 Å². The number of benzene rings is 2. The number of hydrogen-bond acceptors (Lipinski definition) is 5. The zero-order valence-corrected chi connectivity index (χ0v) is 13.7. The minimum absolute atomic E-state index is 0.134. The first-order valence-electron chi connectivity index (χ1n) is 7.02. The molecule has 1 heterocycles. The number of aromatic nitrogens is 1. The van der Waals surface area contributed by atoms with Gasteiger partial charge < -0.3 is 9.72 Å². The summed E-state index contributed by atoms with van der Waals surface area (Å²) in [7, 11) is -2.84. The molecule has 0 atom stereocenters. The number of methoxy groups -OCH3 is 1. The average molecular weight is 358 g/mol. The molecule has 0 aliphatic rings. The number of H-pyrrole nitrogens is 1. The number of fused-ring (bicyclic) bond motifs is 1. The van der Waals surface area contributed by atoms with Crippen LogP contribution in [0.5, 0.6) is 5.75 Å². The van der Waals surface area contributed by atoms with Gasteiger partial charge in [-0.1, -0.05) is 0 Å². The molecule has 3 rings (SSSR count). The highest BCUT2D eigenvalue weighted by atomic mass is 32.2. The Bertz CT molecular complexity index is 1190. The Morgan fingerprint density at radius 3 is 2.60 bits per heavy atom. The molecule has 25 heavy (non-hydrogen) atoms. The number of nitrogens with one attached hydrogen (secondary N) is 1. The Kier molecular flexibility index (Phi) is 4.02. The Morgan fingerprint density at radius 2 is 1.96 bits per heavy atom. The van der Waals surface area contributed by atoms with E-state index >= 15 is 0 Å². The quantitative estimate of drug-likeness (QED) is 0.775. The summed E-state index contributed by atoms with van der Waals surface area (Å²) in [5.74, 6) is -0.570. The number of nitrogens with zero attached hydrogens (tertiary/aromatic N) is 1. The molecule has 0 saturated carbocycles. The van der Waals surface area contributed by atoms with Gasteiger partial charge in [0.25, 0.3) is 0 Å². The lowest BCUT2D eigenvalue weighted by Crippen LogP contribution is -2.16. The molecule has 0 fully saturated rings. The van der Waals surface area contributed by atoms with E-state index in [2.05, 4.69) is 4.98 Å². The second-order valence-electron chi connectivity index (χ2n) is 5.15. The Morgan fingerprint density at radius 1 is 1.20 bits per heavy atom. The van der Waals surface area contributed by atoms with Crippen molar-refractivity contribution in [3.63, 3.8) is 0 Å². The number of rotatable bonds is 3. The zero-order chi connectivity index (χ0) is 18.2. The van der Waals surface area contributed by atoms with Crippen molar-refractivity contribution in [3.8, 4) is 11.8 Å². The van der Waals surface area contributed by atoms with Crippen LogP contribution in [0.15, 0.2) is 57.2 Å². The Balaban J connectivity index is 2.24. The van der Waals surface area contributed by atoms with E-state index in [0.717, 1.165) is 24.4 Å². The number of sulfone groups is 1. The fourth-order valence-corrected chi connectivity index (χ4v) is 3.71. The molecule has 0 radical (unpaired) electrons. The maximum absolute atomic E-state index is 13.8. The molecule has 0 aliphatic heterocycles. The first-order valence-corrected chi connectivity index (χ1v) is 8.51. The summed E-state index contributed by atoms with van der Waals surface area (Å²) in [6.45, 7) is 0. The van der Waals surface area contributed by atoms with E-state index in [1.54, 1.807) is 18.2 Å². The van der Waals surface area contributed by atoms with E-state index in [1.807, 2.05) is 0 Å². The first kappa shape index (κ1) is 16.7. The van der Waals surface area contributed by atoms with E-state index in [9.17, 15) is 17.6 Å². The number of hydrogen-bond donors (Lipinski definition) is 1. The first-order chi connectivity index (χ1) is 11.9. The van der Waals surface area contributed by atoms with Crippen LogP contribution < -0.4 is 10.2 Å². The Hall–Kier alpha value is -3.18. The van der Waals surface area contributed by atoms with Gasteiger partial charge in [-0.2, -0.15) is 5.26 Å². The summed E-state index contributed by atoms with van der Waals surface area (Å²) in [6, 6.07) is 9.12. The van der Waals surface area contributed by atoms with Crippen LogP contribution in [0.4, 0.5) is 4.39 Å². The molecule has 0 amide bonds. The summed E-state index contributed by atoms with van der Waals surface area (Å²) >= 11 is 0. The van der Waals surface area contributed by atoms with Crippen molar-refractivity contribution in [3.05, 3.63) is 64.2 Å². The minimum atomic E-state index is -4.26. The highest BCUT2D eigenvalue weighted by Gasteiger charge is 2.24. The van der Waals surface area contributed by atoms with Gasteiger partial charge in [-0.05, 0) is 36.4 Å². The molecule has 0 spiro atoms. The fraction of sp³-hybridized carbons (Fsp3) is 0.0588. The monoisotopic (exact) mass is 358 g/mol. The molecule has 126 valence electrons. The molecule has 1 aromatic heterocycles. The third-order valence-electron chi connectivity index (χ3n) is 3.71. The molecule has 1 N–H and O–H groups in total. The van der Waals surface area contributed by atoms with E-state index in [4.69, 9.17) is 10.00 Å². The van der Waals surface area contributed by atoms with Gasteiger partial charge in [0, 0.05) is 11.7 Å². The lowest BCUT2D eigenvalue weighted by atomic mass is 10.2. The molecule has 0 bridgehead atoms. The predicted molar refractivity (Wildman–Crippen MR) is 87.7 cm³/mol. The topological polar surface area (TPSA) is 100 Å². The predicted octanol–water partition coefficient (Wildman–Crippen LogP) is 2.38. The van der Waals surface area contributed by atoms with Gasteiger partial charge in [0.15, 0.2) is 0 Å². The van der Waals surface area contributed by atoms with Gasteiger partial charge in [0.2, 0.25) is 15.3 Å². The van der Waals surface area contributed by atoms with E-state index in [-0.39, 0.29) is 10.9 Å². The lowest BCUT2D eigenvalue weighted by molar-refractivity contribution is 0.415. The Labute approximate surface area is 142 Å². The number of pyridine rings is 1. The summed E-state index contributed by atoms with van der Waals surface area (Å²) < 4.78 is 44.2. The normalized spacial score (nSPS) is 11.2. The van der Waals surface area contributed by atoms with Crippen LogP contribution in [-0.2, 0) is 9.84 Å². The SMILES string of the molecule is COc1ccc2[nH]cc(S(=O)(=O)c3ccc(C#N)c(F)c3)c(=O)c2c1. The van der Waals surface area contributed by atoms with Crippen molar-refractivity contribution >= 4 is 20.7 Å². The molecular formula is C17H11FN2O4S. The standard InChI is InChI=1S/C17H11FN2O4S/c1-24-11-3-5-15-13(6-11)17(21)16(9-20-15)25(22,23)12-4-2-10(8-19)14(18)7-12/h2-7,9H,1H3,(H,20,21). The maximum Gasteiger partial charge on any atom is 0.212 e. The van der Waals surface area contributed by atoms with Gasteiger partial charge in [0.1, 0.15) is 22.5 Å². The highest BCUT2D eigenvalue weighted by Crippen LogP contribution is 2.23. The largest absolute Gasteiger partial charge is 0.497 e. The molecule has 0 unspecified atom stereocenters. The smallest absolute Gasteiger partial charge is 0.212 e. The van der Waals surface area contributed by atoms with Crippen molar-refractivity contribution in [2.45, 2.75) is 9.79 Å². The molecule has 0 aliphatic carbocycles. The van der Waals surface area contributed by atoms with Gasteiger partial charge in [-0.15, -0.1) is 0 Å². The number of aromatic amines is 1. The fourth-order valence-electron chi connectivity index (χ4n) is 2.39. The van der Waals surface area contributed by atoms with Crippen LogP contribution in [0.25, 0.3) is 10.9 Å². The molecular weight excluding hydrogens is 347 g/mol. The van der Waals surface area contributed by atoms with Crippen molar-refractivity contribution in [2.24, 2.45) is 0 Å². The van der Waals surface area contributed by atoms with Crippen LogP contribution >= 0.6 is 0 Å². The summed E-state index contributed by atoms with van der Waals surface area (Å²) in [6.07, 6.45) is 1.07. The molecule has 8 heteroatoms.